The lowest BCUT2D eigenvalue weighted by Gasteiger charge is -2.14. The molecule has 0 aromatic heterocycles. The van der Waals surface area contributed by atoms with Crippen molar-refractivity contribution >= 4 is 63.5 Å². The quantitative estimate of drug-likeness (QED) is 0.302. The van der Waals surface area contributed by atoms with Crippen LogP contribution in [0, 0.1) is 5.82 Å². The van der Waals surface area contributed by atoms with Crippen LogP contribution in [-0.4, -0.2) is 27.6 Å². The molecule has 0 saturated carbocycles. The van der Waals surface area contributed by atoms with Gasteiger partial charge in [0.1, 0.15) is 10.1 Å². The number of benzene rings is 2. The molecule has 0 aliphatic carbocycles. The number of nitrogens with one attached hydrogen (secondary N) is 1. The summed E-state index contributed by atoms with van der Waals surface area (Å²) in [6.45, 7) is 0.522. The minimum absolute atomic E-state index is 0.0937. The number of carbonyl (C=O) groups excluding carboxylic acids is 2. The maximum absolute atomic E-state index is 13.1. The van der Waals surface area contributed by atoms with Gasteiger partial charge in [-0.25, -0.2) is 4.39 Å². The molecule has 2 amide bonds. The summed E-state index contributed by atoms with van der Waals surface area (Å²) in [4.78, 5) is 26.8. The molecule has 1 saturated heterocycles. The van der Waals surface area contributed by atoms with Gasteiger partial charge < -0.3 is 5.32 Å². The Bertz CT molecular complexity index is 979. The van der Waals surface area contributed by atoms with E-state index in [9.17, 15) is 14.0 Å². The standard InChI is InChI=1S/C22H20ClFN2O2S2/c23-16-10-8-15(9-11-16)13-19-21(28)26(22(29)30-19)12-3-1-2-7-20(27)25-18-6-4-5-17(24)14-18/h4-6,8-11,13-14H,1-3,7,12H2,(H,25,27). The minimum atomic E-state index is -0.388. The van der Waals surface area contributed by atoms with Crippen molar-refractivity contribution in [1.29, 1.82) is 0 Å². The second-order valence-corrected chi connectivity index (χ2v) is 8.87. The zero-order chi connectivity index (χ0) is 21.5. The number of nitrogens with zero attached hydrogens (tertiary/aromatic N) is 1. The molecule has 8 heteroatoms. The van der Waals surface area contributed by atoms with Crippen LogP contribution in [0.4, 0.5) is 10.1 Å². The van der Waals surface area contributed by atoms with E-state index in [4.69, 9.17) is 23.8 Å². The lowest BCUT2D eigenvalue weighted by atomic mass is 10.1. The molecule has 1 fully saturated rings. The fraction of sp³-hybridized carbons (Fsp3) is 0.227. The number of halogens is 2. The first-order valence-electron chi connectivity index (χ1n) is 9.49. The molecule has 0 spiro atoms. The van der Waals surface area contributed by atoms with Gasteiger partial charge in [-0.1, -0.05) is 60.2 Å². The van der Waals surface area contributed by atoms with Crippen molar-refractivity contribution in [3.63, 3.8) is 0 Å². The summed E-state index contributed by atoms with van der Waals surface area (Å²) >= 11 is 12.5. The van der Waals surface area contributed by atoms with Gasteiger partial charge in [-0.15, -0.1) is 0 Å². The van der Waals surface area contributed by atoms with E-state index in [1.165, 1.54) is 23.9 Å². The van der Waals surface area contributed by atoms with Crippen molar-refractivity contribution in [3.8, 4) is 0 Å². The van der Waals surface area contributed by atoms with Crippen molar-refractivity contribution in [2.24, 2.45) is 0 Å². The normalized spacial score (nSPS) is 15.1. The van der Waals surface area contributed by atoms with Crippen LogP contribution >= 0.6 is 35.6 Å². The number of anilines is 1. The average Bonchev–Trinajstić information content (AvgIpc) is 2.96. The number of hydrogen-bond acceptors (Lipinski definition) is 4. The van der Waals surface area contributed by atoms with E-state index in [1.807, 2.05) is 18.2 Å². The van der Waals surface area contributed by atoms with Crippen molar-refractivity contribution in [1.82, 2.24) is 4.90 Å². The smallest absolute Gasteiger partial charge is 0.266 e. The molecule has 156 valence electrons. The summed E-state index contributed by atoms with van der Waals surface area (Å²) in [5, 5.41) is 3.32. The van der Waals surface area contributed by atoms with Gasteiger partial charge >= 0.3 is 0 Å². The largest absolute Gasteiger partial charge is 0.326 e. The predicted octanol–water partition coefficient (Wildman–Crippen LogP) is 5.88. The molecule has 1 heterocycles. The summed E-state index contributed by atoms with van der Waals surface area (Å²) in [6.07, 6.45) is 4.35. The van der Waals surface area contributed by atoms with Crippen molar-refractivity contribution < 1.29 is 14.0 Å². The Morgan fingerprint density at radius 2 is 1.93 bits per heavy atom. The van der Waals surface area contributed by atoms with Crippen molar-refractivity contribution in [2.75, 3.05) is 11.9 Å². The molecule has 30 heavy (non-hydrogen) atoms. The van der Waals surface area contributed by atoms with E-state index in [0.717, 1.165) is 18.4 Å². The number of amides is 2. The van der Waals surface area contributed by atoms with Crippen LogP contribution in [0.5, 0.6) is 0 Å². The van der Waals surface area contributed by atoms with Crippen LogP contribution in [0.1, 0.15) is 31.2 Å². The topological polar surface area (TPSA) is 49.4 Å². The highest BCUT2D eigenvalue weighted by Gasteiger charge is 2.31. The lowest BCUT2D eigenvalue weighted by Crippen LogP contribution is -2.29. The first-order chi connectivity index (χ1) is 14.4. The highest BCUT2D eigenvalue weighted by Crippen LogP contribution is 2.33. The Labute approximate surface area is 189 Å². The third kappa shape index (κ3) is 6.39. The summed E-state index contributed by atoms with van der Waals surface area (Å²) in [5.74, 6) is -0.637. The SMILES string of the molecule is O=C(CCCCCN1C(=O)C(=Cc2ccc(Cl)cc2)SC1=S)Nc1cccc(F)c1. The zero-order valence-corrected chi connectivity index (χ0v) is 18.5. The fourth-order valence-electron chi connectivity index (χ4n) is 2.93. The predicted molar refractivity (Wildman–Crippen MR) is 125 cm³/mol. The minimum Gasteiger partial charge on any atom is -0.326 e. The zero-order valence-electron chi connectivity index (χ0n) is 16.1. The molecular formula is C22H20ClFN2O2S2. The molecule has 0 atom stereocenters. The molecular weight excluding hydrogens is 443 g/mol. The Morgan fingerprint density at radius 3 is 2.67 bits per heavy atom. The van der Waals surface area contributed by atoms with Gasteiger partial charge in [0.25, 0.3) is 5.91 Å². The molecule has 0 radical (unpaired) electrons. The maximum atomic E-state index is 13.1. The third-order valence-corrected chi connectivity index (χ3v) is 6.07. The number of rotatable bonds is 8. The molecule has 1 N–H and O–H groups in total. The van der Waals surface area contributed by atoms with Gasteiger partial charge in [0, 0.05) is 23.7 Å². The van der Waals surface area contributed by atoms with Gasteiger partial charge in [-0.05, 0) is 54.8 Å². The molecule has 3 rings (SSSR count). The van der Waals surface area contributed by atoms with E-state index in [0.29, 0.717) is 39.3 Å². The lowest BCUT2D eigenvalue weighted by molar-refractivity contribution is -0.122. The van der Waals surface area contributed by atoms with E-state index < -0.39 is 0 Å². The van der Waals surface area contributed by atoms with Crippen LogP contribution in [0.15, 0.2) is 53.4 Å². The van der Waals surface area contributed by atoms with Gasteiger partial charge in [-0.3, -0.25) is 14.5 Å². The molecule has 2 aromatic carbocycles. The third-order valence-electron chi connectivity index (χ3n) is 4.44. The Kier molecular flexibility index (Phi) is 8.01. The number of carbonyl (C=O) groups is 2. The summed E-state index contributed by atoms with van der Waals surface area (Å²) in [6, 6.07) is 13.1. The van der Waals surface area contributed by atoms with Crippen LogP contribution in [0.25, 0.3) is 6.08 Å². The van der Waals surface area contributed by atoms with Crippen LogP contribution in [0.2, 0.25) is 5.02 Å². The second kappa shape index (κ2) is 10.7. The van der Waals surface area contributed by atoms with Crippen LogP contribution in [0.3, 0.4) is 0 Å². The van der Waals surface area contributed by atoms with Crippen molar-refractivity contribution in [3.05, 3.63) is 69.8 Å². The summed E-state index contributed by atoms with van der Waals surface area (Å²) < 4.78 is 13.7. The fourth-order valence-corrected chi connectivity index (χ4v) is 4.36. The average molecular weight is 463 g/mol. The highest BCUT2D eigenvalue weighted by atomic mass is 35.5. The van der Waals surface area contributed by atoms with E-state index in [2.05, 4.69) is 5.32 Å². The van der Waals surface area contributed by atoms with E-state index in [1.54, 1.807) is 29.2 Å². The molecule has 1 aliphatic heterocycles. The van der Waals surface area contributed by atoms with Gasteiger partial charge in [0.2, 0.25) is 5.91 Å². The molecule has 0 bridgehead atoms. The summed E-state index contributed by atoms with van der Waals surface area (Å²) in [7, 11) is 0. The second-order valence-electron chi connectivity index (χ2n) is 6.75. The monoisotopic (exact) mass is 462 g/mol. The van der Waals surface area contributed by atoms with Gasteiger partial charge in [-0.2, -0.15) is 0 Å². The Hall–Kier alpha value is -2.22. The molecule has 2 aromatic rings. The molecule has 4 nitrogen and oxygen atoms in total. The van der Waals surface area contributed by atoms with Gasteiger partial charge in [0.15, 0.2) is 0 Å². The van der Waals surface area contributed by atoms with Crippen molar-refractivity contribution in [2.45, 2.75) is 25.7 Å². The Balaban J connectivity index is 1.41. The van der Waals surface area contributed by atoms with Crippen LogP contribution in [-0.2, 0) is 9.59 Å². The van der Waals surface area contributed by atoms with E-state index >= 15 is 0 Å². The number of unbranched alkanes of at least 4 members (excludes halogenated alkanes) is 2. The van der Waals surface area contributed by atoms with E-state index in [-0.39, 0.29) is 17.6 Å². The first kappa shape index (κ1) is 22.5. The molecule has 1 aliphatic rings. The number of thioether (sulfide) groups is 1. The van der Waals surface area contributed by atoms with Crippen LogP contribution < -0.4 is 5.32 Å². The maximum Gasteiger partial charge on any atom is 0.266 e. The number of hydrogen-bond donors (Lipinski definition) is 1. The summed E-state index contributed by atoms with van der Waals surface area (Å²) in [5.41, 5.74) is 1.34. The first-order valence-corrected chi connectivity index (χ1v) is 11.1. The number of thiocarbonyl (C=S) groups is 1. The van der Waals surface area contributed by atoms with Gasteiger partial charge in [0.05, 0.1) is 4.91 Å². The Morgan fingerprint density at radius 1 is 1.17 bits per heavy atom. The molecule has 0 unspecified atom stereocenters. The highest BCUT2D eigenvalue weighted by molar-refractivity contribution is 8.26.